The molecular weight excluding hydrogens is 194 g/mol. The highest BCUT2D eigenvalue weighted by Gasteiger charge is 2.33. The molecule has 4 nitrogen and oxygen atoms in total. The van der Waals surface area contributed by atoms with E-state index in [0.29, 0.717) is 6.61 Å². The average molecular weight is 213 g/mol. The summed E-state index contributed by atoms with van der Waals surface area (Å²) >= 11 is 0. The molecule has 2 atom stereocenters. The monoisotopic (exact) mass is 213 g/mol. The summed E-state index contributed by atoms with van der Waals surface area (Å²) in [6, 6.07) is 0.0306. The summed E-state index contributed by atoms with van der Waals surface area (Å²) < 4.78 is 5.47. The minimum atomic E-state index is -0.245. The Morgan fingerprint density at radius 3 is 2.87 bits per heavy atom. The zero-order chi connectivity index (χ0) is 10.7. The maximum absolute atomic E-state index is 12.1. The Labute approximate surface area is 90.2 Å². The van der Waals surface area contributed by atoms with Crippen molar-refractivity contribution in [1.82, 2.24) is 4.90 Å². The number of rotatable bonds is 2. The fraction of sp³-hybridized carbons (Fsp3) is 0.909. The number of ether oxygens (including phenoxy) is 1. The standard InChI is InChI=1S/C11H19NO3/c13-8-9-4-3-6-12(9)11(14)10-5-1-2-7-15-10/h9-10,13H,1-8H2/t9-,10?/m1/s1. The van der Waals surface area contributed by atoms with Crippen LogP contribution < -0.4 is 0 Å². The van der Waals surface area contributed by atoms with Crippen LogP contribution in [0.4, 0.5) is 0 Å². The molecule has 0 aliphatic carbocycles. The number of hydrogen-bond acceptors (Lipinski definition) is 3. The summed E-state index contributed by atoms with van der Waals surface area (Å²) in [5, 5.41) is 9.15. The lowest BCUT2D eigenvalue weighted by molar-refractivity contribution is -0.148. The first kappa shape index (κ1) is 10.9. The molecule has 2 aliphatic rings. The largest absolute Gasteiger partial charge is 0.394 e. The van der Waals surface area contributed by atoms with E-state index in [1.165, 1.54) is 0 Å². The Morgan fingerprint density at radius 1 is 1.33 bits per heavy atom. The Hall–Kier alpha value is -0.610. The zero-order valence-electron chi connectivity index (χ0n) is 9.02. The van der Waals surface area contributed by atoms with Gasteiger partial charge in [-0.1, -0.05) is 0 Å². The molecule has 0 radical (unpaired) electrons. The second kappa shape index (κ2) is 4.94. The predicted octanol–water partition coefficient (Wildman–Crippen LogP) is 0.539. The Kier molecular flexibility index (Phi) is 3.59. The number of likely N-dealkylation sites (tertiary alicyclic amines) is 1. The Balaban J connectivity index is 1.93. The zero-order valence-corrected chi connectivity index (χ0v) is 9.02. The van der Waals surface area contributed by atoms with Crippen LogP contribution in [-0.4, -0.2) is 47.8 Å². The van der Waals surface area contributed by atoms with Gasteiger partial charge in [-0.15, -0.1) is 0 Å². The molecule has 0 bridgehead atoms. The van der Waals surface area contributed by atoms with Gasteiger partial charge >= 0.3 is 0 Å². The molecule has 2 rings (SSSR count). The molecule has 0 spiro atoms. The van der Waals surface area contributed by atoms with Gasteiger partial charge in [-0.25, -0.2) is 0 Å². The van der Waals surface area contributed by atoms with E-state index in [0.717, 1.165) is 38.6 Å². The molecule has 86 valence electrons. The molecule has 2 saturated heterocycles. The summed E-state index contributed by atoms with van der Waals surface area (Å²) in [5.74, 6) is 0.0891. The normalized spacial score (nSPS) is 31.9. The van der Waals surface area contributed by atoms with E-state index in [2.05, 4.69) is 0 Å². The third-order valence-electron chi connectivity index (χ3n) is 3.33. The predicted molar refractivity (Wildman–Crippen MR) is 55.4 cm³/mol. The highest BCUT2D eigenvalue weighted by atomic mass is 16.5. The van der Waals surface area contributed by atoms with Crippen molar-refractivity contribution in [2.24, 2.45) is 0 Å². The third kappa shape index (κ3) is 2.32. The van der Waals surface area contributed by atoms with Gasteiger partial charge in [-0.2, -0.15) is 0 Å². The van der Waals surface area contributed by atoms with Gasteiger partial charge in [0.25, 0.3) is 5.91 Å². The van der Waals surface area contributed by atoms with Gasteiger partial charge in [-0.3, -0.25) is 4.79 Å². The third-order valence-corrected chi connectivity index (χ3v) is 3.33. The molecule has 1 N–H and O–H groups in total. The maximum atomic E-state index is 12.1. The first-order chi connectivity index (χ1) is 7.33. The molecule has 2 heterocycles. The molecular formula is C11H19NO3. The van der Waals surface area contributed by atoms with E-state index in [-0.39, 0.29) is 24.7 Å². The number of nitrogens with zero attached hydrogens (tertiary/aromatic N) is 1. The lowest BCUT2D eigenvalue weighted by Gasteiger charge is -2.29. The van der Waals surface area contributed by atoms with Gasteiger partial charge in [0.2, 0.25) is 0 Å². The number of amides is 1. The number of aliphatic hydroxyl groups is 1. The van der Waals surface area contributed by atoms with Crippen LogP contribution in [0.3, 0.4) is 0 Å². The highest BCUT2D eigenvalue weighted by molar-refractivity contribution is 5.81. The summed E-state index contributed by atoms with van der Waals surface area (Å²) in [6.45, 7) is 1.57. The molecule has 0 aromatic carbocycles. The number of hydrogen-bond donors (Lipinski definition) is 1. The summed E-state index contributed by atoms with van der Waals surface area (Å²) in [7, 11) is 0. The SMILES string of the molecule is O=C(C1CCCCO1)N1CCC[C@@H]1CO. The van der Waals surface area contributed by atoms with E-state index in [9.17, 15) is 4.79 Å². The van der Waals surface area contributed by atoms with Crippen molar-refractivity contribution >= 4 is 5.91 Å². The lowest BCUT2D eigenvalue weighted by atomic mass is 10.1. The molecule has 0 aromatic heterocycles. The van der Waals surface area contributed by atoms with E-state index in [1.54, 1.807) is 4.90 Å². The van der Waals surface area contributed by atoms with Crippen LogP contribution in [0.15, 0.2) is 0 Å². The van der Waals surface area contributed by atoms with Crippen molar-refractivity contribution < 1.29 is 14.6 Å². The number of carbonyl (C=O) groups is 1. The topological polar surface area (TPSA) is 49.8 Å². The lowest BCUT2D eigenvalue weighted by Crippen LogP contribution is -2.45. The van der Waals surface area contributed by atoms with Gasteiger partial charge in [-0.05, 0) is 32.1 Å². The summed E-state index contributed by atoms with van der Waals surface area (Å²) in [4.78, 5) is 13.9. The van der Waals surface area contributed by atoms with Crippen molar-refractivity contribution in [1.29, 1.82) is 0 Å². The second-order valence-electron chi connectivity index (χ2n) is 4.37. The molecule has 2 aliphatic heterocycles. The molecule has 2 fully saturated rings. The molecule has 0 aromatic rings. The fourth-order valence-corrected chi connectivity index (χ4v) is 2.44. The van der Waals surface area contributed by atoms with Crippen molar-refractivity contribution in [3.63, 3.8) is 0 Å². The number of carbonyl (C=O) groups excluding carboxylic acids is 1. The molecule has 15 heavy (non-hydrogen) atoms. The van der Waals surface area contributed by atoms with Crippen LogP contribution >= 0.6 is 0 Å². The first-order valence-corrected chi connectivity index (χ1v) is 5.86. The Bertz CT molecular complexity index is 226. The molecule has 1 unspecified atom stereocenters. The van der Waals surface area contributed by atoms with E-state index in [4.69, 9.17) is 9.84 Å². The van der Waals surface area contributed by atoms with E-state index < -0.39 is 0 Å². The maximum Gasteiger partial charge on any atom is 0.252 e. The summed E-state index contributed by atoms with van der Waals surface area (Å²) in [6.07, 6.45) is 4.67. The van der Waals surface area contributed by atoms with Crippen molar-refractivity contribution in [2.75, 3.05) is 19.8 Å². The van der Waals surface area contributed by atoms with E-state index >= 15 is 0 Å². The fourth-order valence-electron chi connectivity index (χ4n) is 2.44. The smallest absolute Gasteiger partial charge is 0.252 e. The van der Waals surface area contributed by atoms with Crippen LogP contribution in [-0.2, 0) is 9.53 Å². The Morgan fingerprint density at radius 2 is 2.20 bits per heavy atom. The minimum Gasteiger partial charge on any atom is -0.394 e. The first-order valence-electron chi connectivity index (χ1n) is 5.86. The van der Waals surface area contributed by atoms with Crippen molar-refractivity contribution in [2.45, 2.75) is 44.2 Å². The van der Waals surface area contributed by atoms with Crippen molar-refractivity contribution in [3.8, 4) is 0 Å². The van der Waals surface area contributed by atoms with Crippen LogP contribution in [0.1, 0.15) is 32.1 Å². The van der Waals surface area contributed by atoms with Crippen LogP contribution in [0.25, 0.3) is 0 Å². The average Bonchev–Trinajstić information content (AvgIpc) is 2.77. The quantitative estimate of drug-likeness (QED) is 0.728. The van der Waals surface area contributed by atoms with Crippen molar-refractivity contribution in [3.05, 3.63) is 0 Å². The minimum absolute atomic E-state index is 0.0306. The van der Waals surface area contributed by atoms with Crippen LogP contribution in [0.5, 0.6) is 0 Å². The van der Waals surface area contributed by atoms with Crippen LogP contribution in [0, 0.1) is 0 Å². The van der Waals surface area contributed by atoms with Gasteiger partial charge in [0.05, 0.1) is 12.6 Å². The number of aliphatic hydroxyl groups excluding tert-OH is 1. The van der Waals surface area contributed by atoms with Gasteiger partial charge in [0.1, 0.15) is 6.10 Å². The van der Waals surface area contributed by atoms with Gasteiger partial charge in [0, 0.05) is 13.2 Å². The van der Waals surface area contributed by atoms with Crippen LogP contribution in [0.2, 0.25) is 0 Å². The van der Waals surface area contributed by atoms with Gasteiger partial charge < -0.3 is 14.7 Å². The van der Waals surface area contributed by atoms with E-state index in [1.807, 2.05) is 0 Å². The highest BCUT2D eigenvalue weighted by Crippen LogP contribution is 2.22. The molecule has 4 heteroatoms. The summed E-state index contributed by atoms with van der Waals surface area (Å²) in [5.41, 5.74) is 0. The molecule has 1 amide bonds. The second-order valence-corrected chi connectivity index (χ2v) is 4.37. The molecule has 0 saturated carbocycles. The van der Waals surface area contributed by atoms with Gasteiger partial charge in [0.15, 0.2) is 0 Å².